The molecule has 8 nitrogen and oxygen atoms in total. The summed E-state index contributed by atoms with van der Waals surface area (Å²) in [7, 11) is 1.21. The number of rotatable bonds is 9. The van der Waals surface area contributed by atoms with E-state index in [4.69, 9.17) is 0 Å². The quantitative estimate of drug-likeness (QED) is 0.204. The lowest BCUT2D eigenvalue weighted by Gasteiger charge is -2.22. The van der Waals surface area contributed by atoms with Crippen LogP contribution < -0.4 is 10.2 Å². The maximum atomic E-state index is 14.0. The zero-order chi connectivity index (χ0) is 30.8. The smallest absolute Gasteiger partial charge is 0.436 e. The van der Waals surface area contributed by atoms with E-state index in [0.717, 1.165) is 10.7 Å². The minimum atomic E-state index is -4.98. The van der Waals surface area contributed by atoms with Gasteiger partial charge in [-0.2, -0.15) is 31.4 Å². The first-order valence-corrected chi connectivity index (χ1v) is 12.8. The van der Waals surface area contributed by atoms with Gasteiger partial charge in [-0.3, -0.25) is 4.79 Å². The van der Waals surface area contributed by atoms with Crippen LogP contribution in [0.3, 0.4) is 0 Å². The highest BCUT2D eigenvalue weighted by atomic mass is 19.4. The molecule has 1 atom stereocenters. The van der Waals surface area contributed by atoms with Gasteiger partial charge in [0, 0.05) is 19.5 Å². The molecule has 14 heteroatoms. The Bertz CT molecular complexity index is 1480. The van der Waals surface area contributed by atoms with E-state index in [0.29, 0.717) is 11.8 Å². The van der Waals surface area contributed by atoms with Gasteiger partial charge in [0.25, 0.3) is 5.91 Å². The van der Waals surface area contributed by atoms with Crippen LogP contribution in [0.5, 0.6) is 0 Å². The van der Waals surface area contributed by atoms with Crippen molar-refractivity contribution >= 4 is 24.0 Å². The van der Waals surface area contributed by atoms with Crippen LogP contribution >= 0.6 is 0 Å². The number of fused-ring (bicyclic) bond motifs is 1. The number of esters is 1. The van der Waals surface area contributed by atoms with Gasteiger partial charge >= 0.3 is 18.3 Å². The number of methoxy groups -OCH3 is 1. The first-order chi connectivity index (χ1) is 19.7. The highest BCUT2D eigenvalue weighted by Crippen LogP contribution is 2.39. The molecule has 42 heavy (non-hydrogen) atoms. The van der Waals surface area contributed by atoms with E-state index in [1.54, 1.807) is 6.92 Å². The monoisotopic (exact) mass is 596 g/mol. The van der Waals surface area contributed by atoms with Crippen molar-refractivity contribution in [2.75, 3.05) is 18.6 Å². The number of anilines is 1. The summed E-state index contributed by atoms with van der Waals surface area (Å²) in [4.78, 5) is 37.1. The molecule has 2 aromatic carbocycles. The third kappa shape index (κ3) is 6.42. The Morgan fingerprint density at radius 2 is 1.74 bits per heavy atom. The van der Waals surface area contributed by atoms with Gasteiger partial charge in [0.2, 0.25) is 0 Å². The largest absolute Gasteiger partial charge is 0.465 e. The maximum absolute atomic E-state index is 14.0. The molecule has 0 bridgehead atoms. The second-order valence-electron chi connectivity index (χ2n) is 9.69. The SMILES string of the molecule is COC(=O)c1ccc([C@H](C)NC(=O)c2c(C(F)(F)F)nn3c2N(Cc2ccc(CCC=O)c(C(F)(F)F)c2)CC3)cc1. The fourth-order valence-electron chi connectivity index (χ4n) is 4.83. The van der Waals surface area contributed by atoms with Crippen LogP contribution in [0.25, 0.3) is 0 Å². The van der Waals surface area contributed by atoms with E-state index < -0.39 is 47.1 Å². The number of nitrogens with zero attached hydrogens (tertiary/aromatic N) is 3. The molecule has 1 amide bonds. The van der Waals surface area contributed by atoms with Crippen LogP contribution in [-0.4, -0.2) is 41.6 Å². The first kappa shape index (κ1) is 30.6. The average Bonchev–Trinajstić information content (AvgIpc) is 3.51. The summed E-state index contributed by atoms with van der Waals surface area (Å²) in [6.45, 7) is 1.43. The van der Waals surface area contributed by atoms with Crippen molar-refractivity contribution in [1.29, 1.82) is 0 Å². The van der Waals surface area contributed by atoms with E-state index in [-0.39, 0.29) is 55.0 Å². The molecular weight excluding hydrogens is 570 g/mol. The van der Waals surface area contributed by atoms with Gasteiger partial charge in [0.1, 0.15) is 17.7 Å². The van der Waals surface area contributed by atoms with E-state index in [2.05, 4.69) is 15.2 Å². The maximum Gasteiger partial charge on any atom is 0.436 e. The van der Waals surface area contributed by atoms with Crippen molar-refractivity contribution in [3.63, 3.8) is 0 Å². The number of ether oxygens (including phenoxy) is 1. The number of carbonyl (C=O) groups is 3. The predicted molar refractivity (Wildman–Crippen MR) is 138 cm³/mol. The second-order valence-corrected chi connectivity index (χ2v) is 9.69. The van der Waals surface area contributed by atoms with Crippen LogP contribution in [0.1, 0.15) is 68.1 Å². The van der Waals surface area contributed by atoms with Crippen molar-refractivity contribution in [3.8, 4) is 0 Å². The topological polar surface area (TPSA) is 93.5 Å². The molecule has 4 rings (SSSR count). The number of benzene rings is 2. The predicted octanol–water partition coefficient (Wildman–Crippen LogP) is 5.35. The first-order valence-electron chi connectivity index (χ1n) is 12.8. The number of hydrogen-bond donors (Lipinski definition) is 1. The standard InChI is InChI=1S/C28H26F6N4O4/c1-16(18-7-9-20(10-8-18)26(41)42-2)35-24(40)22-23(28(32,33)34)36-38-12-11-37(25(22)38)15-17-5-6-19(4-3-13-39)21(14-17)27(29,30)31/h5-10,13-14,16H,3-4,11-12,15H2,1-2H3,(H,35,40)/t16-/m0/s1. The number of aldehydes is 1. The molecule has 1 aliphatic rings. The average molecular weight is 597 g/mol. The van der Waals surface area contributed by atoms with Crippen molar-refractivity contribution in [3.05, 3.63) is 81.5 Å². The zero-order valence-electron chi connectivity index (χ0n) is 22.5. The van der Waals surface area contributed by atoms with Crippen molar-refractivity contribution in [2.24, 2.45) is 0 Å². The number of carbonyl (C=O) groups excluding carboxylic acids is 3. The van der Waals surface area contributed by atoms with Gasteiger partial charge in [0.05, 0.1) is 30.8 Å². The molecule has 224 valence electrons. The molecular formula is C28H26F6N4O4. The minimum absolute atomic E-state index is 0.0141. The Kier molecular flexibility index (Phi) is 8.64. The highest BCUT2D eigenvalue weighted by Gasteiger charge is 2.44. The summed E-state index contributed by atoms with van der Waals surface area (Å²) in [5.74, 6) is -1.81. The van der Waals surface area contributed by atoms with Crippen molar-refractivity contribution < 1.29 is 45.5 Å². The Morgan fingerprint density at radius 1 is 1.05 bits per heavy atom. The van der Waals surface area contributed by atoms with E-state index >= 15 is 0 Å². The van der Waals surface area contributed by atoms with E-state index in [1.807, 2.05) is 0 Å². The van der Waals surface area contributed by atoms with Crippen LogP contribution in [0.2, 0.25) is 0 Å². The number of amides is 1. The fourth-order valence-corrected chi connectivity index (χ4v) is 4.83. The van der Waals surface area contributed by atoms with Crippen LogP contribution in [0.15, 0.2) is 42.5 Å². The van der Waals surface area contributed by atoms with Crippen LogP contribution in [0, 0.1) is 0 Å². The Balaban J connectivity index is 1.64. The summed E-state index contributed by atoms with van der Waals surface area (Å²) in [6.07, 6.45) is -9.38. The van der Waals surface area contributed by atoms with Crippen LogP contribution in [0.4, 0.5) is 32.2 Å². The normalized spacial score (nSPS) is 14.0. The molecule has 1 aromatic heterocycles. The van der Waals surface area contributed by atoms with Gasteiger partial charge in [-0.15, -0.1) is 0 Å². The summed E-state index contributed by atoms with van der Waals surface area (Å²) in [5.41, 5.74) is -2.25. The van der Waals surface area contributed by atoms with Gasteiger partial charge in [-0.25, -0.2) is 9.48 Å². The molecule has 0 spiro atoms. The number of nitrogens with one attached hydrogen (secondary N) is 1. The molecule has 1 aliphatic heterocycles. The molecule has 0 radical (unpaired) electrons. The van der Waals surface area contributed by atoms with Gasteiger partial charge < -0.3 is 19.7 Å². The van der Waals surface area contributed by atoms with Crippen molar-refractivity contribution in [1.82, 2.24) is 15.1 Å². The van der Waals surface area contributed by atoms with Gasteiger partial charge in [-0.1, -0.05) is 24.3 Å². The zero-order valence-corrected chi connectivity index (χ0v) is 22.5. The van der Waals surface area contributed by atoms with E-state index in [1.165, 1.54) is 48.4 Å². The lowest BCUT2D eigenvalue weighted by atomic mass is 9.99. The molecule has 1 N–H and O–H groups in total. The molecule has 2 heterocycles. The Hall–Kier alpha value is -4.36. The summed E-state index contributed by atoms with van der Waals surface area (Å²) < 4.78 is 88.9. The number of aryl methyl sites for hydroxylation is 1. The molecule has 0 saturated carbocycles. The van der Waals surface area contributed by atoms with Gasteiger partial charge in [0.15, 0.2) is 5.69 Å². The summed E-state index contributed by atoms with van der Waals surface area (Å²) in [6, 6.07) is 8.73. The Labute approximate surface area is 236 Å². The third-order valence-electron chi connectivity index (χ3n) is 6.87. The number of hydrogen-bond acceptors (Lipinski definition) is 6. The highest BCUT2D eigenvalue weighted by molar-refractivity contribution is 6.01. The molecule has 0 aliphatic carbocycles. The summed E-state index contributed by atoms with van der Waals surface area (Å²) >= 11 is 0. The molecule has 0 unspecified atom stereocenters. The van der Waals surface area contributed by atoms with E-state index in [9.17, 15) is 40.7 Å². The minimum Gasteiger partial charge on any atom is -0.465 e. The van der Waals surface area contributed by atoms with Gasteiger partial charge in [-0.05, 0) is 48.2 Å². The lowest BCUT2D eigenvalue weighted by Crippen LogP contribution is -2.31. The second kappa shape index (κ2) is 11.9. The Morgan fingerprint density at radius 3 is 2.33 bits per heavy atom. The third-order valence-corrected chi connectivity index (χ3v) is 6.87. The molecule has 0 fully saturated rings. The molecule has 3 aromatic rings. The number of aromatic nitrogens is 2. The van der Waals surface area contributed by atoms with Crippen molar-refractivity contribution in [2.45, 2.75) is 51.2 Å². The molecule has 0 saturated heterocycles. The fraction of sp³-hybridized carbons (Fsp3) is 0.357. The summed E-state index contributed by atoms with van der Waals surface area (Å²) in [5, 5.41) is 6.16. The number of alkyl halides is 6. The number of halogens is 6. The lowest BCUT2D eigenvalue weighted by molar-refractivity contribution is -0.142. The van der Waals surface area contributed by atoms with Crippen LogP contribution in [-0.2, 0) is 41.4 Å².